The maximum atomic E-state index is 11.7. The number of hydrogen-bond donors (Lipinski definition) is 2. The van der Waals surface area contributed by atoms with Gasteiger partial charge in [0, 0.05) is 12.1 Å². The highest BCUT2D eigenvalue weighted by Gasteiger charge is 2.15. The van der Waals surface area contributed by atoms with Crippen molar-refractivity contribution in [2.24, 2.45) is 0 Å². The third-order valence-corrected chi connectivity index (χ3v) is 4.65. The number of hydrazine groups is 1. The van der Waals surface area contributed by atoms with E-state index >= 15 is 0 Å². The second-order valence-electron chi connectivity index (χ2n) is 6.54. The summed E-state index contributed by atoms with van der Waals surface area (Å²) in [4.78, 5) is 11.7. The van der Waals surface area contributed by atoms with Crippen LogP contribution in [0, 0.1) is 0 Å². The number of carbonyl (C=O) groups excluding carboxylic acids is 1. The molecule has 1 heterocycles. The molecule has 3 nitrogen and oxygen atoms in total. The molecule has 0 radical (unpaired) electrons. The summed E-state index contributed by atoms with van der Waals surface area (Å²) in [6.07, 6.45) is 9.71. The molecule has 0 aromatic heterocycles. The molecule has 1 fully saturated rings. The number of carbonyl (C=O) groups is 1. The van der Waals surface area contributed by atoms with E-state index < -0.39 is 0 Å². The van der Waals surface area contributed by atoms with Gasteiger partial charge < -0.3 is 0 Å². The molecular formula is C21H26N2O. The second kappa shape index (κ2) is 8.11. The summed E-state index contributed by atoms with van der Waals surface area (Å²) in [5.74, 6) is -0.0318. The first-order valence-electron chi connectivity index (χ1n) is 9.03. The smallest absolute Gasteiger partial charge is 0.262 e. The number of unbranched alkanes of at least 4 members (excludes halogenated alkanes) is 4. The summed E-state index contributed by atoms with van der Waals surface area (Å²) in [5.41, 5.74) is 8.79. The van der Waals surface area contributed by atoms with E-state index in [2.05, 4.69) is 54.2 Å². The van der Waals surface area contributed by atoms with Crippen LogP contribution in [0.1, 0.15) is 50.2 Å². The Balaban J connectivity index is 1.75. The van der Waals surface area contributed by atoms with Crippen molar-refractivity contribution in [3.8, 4) is 0 Å². The molecule has 0 atom stereocenters. The number of amides is 1. The quantitative estimate of drug-likeness (QED) is 0.587. The van der Waals surface area contributed by atoms with Gasteiger partial charge in [-0.25, -0.2) is 5.43 Å². The molecule has 2 N–H and O–H groups in total. The van der Waals surface area contributed by atoms with Gasteiger partial charge in [0.05, 0.1) is 0 Å². The fourth-order valence-corrected chi connectivity index (χ4v) is 3.26. The van der Waals surface area contributed by atoms with E-state index in [9.17, 15) is 4.79 Å². The summed E-state index contributed by atoms with van der Waals surface area (Å²) in [6.45, 7) is 2.83. The predicted octanol–water partition coefficient (Wildman–Crippen LogP) is 4.37. The lowest BCUT2D eigenvalue weighted by Crippen LogP contribution is -2.25. The van der Waals surface area contributed by atoms with Gasteiger partial charge in [0.1, 0.15) is 0 Å². The molecule has 0 bridgehead atoms. The Morgan fingerprint density at radius 1 is 1.08 bits per heavy atom. The van der Waals surface area contributed by atoms with Crippen molar-refractivity contribution in [2.45, 2.75) is 45.4 Å². The maximum Gasteiger partial charge on any atom is 0.262 e. The molecule has 0 saturated carbocycles. The van der Waals surface area contributed by atoms with Gasteiger partial charge in [-0.3, -0.25) is 10.2 Å². The lowest BCUT2D eigenvalue weighted by atomic mass is 9.98. The zero-order chi connectivity index (χ0) is 16.8. The normalized spacial score (nSPS) is 16.0. The zero-order valence-electron chi connectivity index (χ0n) is 14.4. The van der Waals surface area contributed by atoms with Gasteiger partial charge in [-0.05, 0) is 40.8 Å². The standard InChI is InChI=1S/C21H26N2O/c1-2-3-4-5-6-8-16-11-12-20-17(13-16)9-7-10-18(20)14-19-15-22-23-21(19)24/h7,9-14,22H,2-6,8,15H2,1H3,(H,23,24)/b19-14+. The minimum atomic E-state index is -0.0318. The van der Waals surface area contributed by atoms with Gasteiger partial charge in [0.2, 0.25) is 0 Å². The Morgan fingerprint density at radius 2 is 1.96 bits per heavy atom. The maximum absolute atomic E-state index is 11.7. The average Bonchev–Trinajstić information content (AvgIpc) is 3.00. The van der Waals surface area contributed by atoms with Gasteiger partial charge in [-0.15, -0.1) is 0 Å². The van der Waals surface area contributed by atoms with Gasteiger partial charge in [0.25, 0.3) is 5.91 Å². The fourth-order valence-electron chi connectivity index (χ4n) is 3.26. The highest BCUT2D eigenvalue weighted by Crippen LogP contribution is 2.24. The summed E-state index contributed by atoms with van der Waals surface area (Å²) in [6, 6.07) is 13.0. The van der Waals surface area contributed by atoms with E-state index in [1.54, 1.807) is 0 Å². The number of fused-ring (bicyclic) bond motifs is 1. The van der Waals surface area contributed by atoms with Crippen molar-refractivity contribution in [1.82, 2.24) is 10.9 Å². The second-order valence-corrected chi connectivity index (χ2v) is 6.54. The van der Waals surface area contributed by atoms with E-state index in [0.717, 1.165) is 17.6 Å². The minimum absolute atomic E-state index is 0.0318. The van der Waals surface area contributed by atoms with E-state index in [-0.39, 0.29) is 5.91 Å². The Morgan fingerprint density at radius 3 is 2.75 bits per heavy atom. The molecule has 3 rings (SSSR count). The minimum Gasteiger partial charge on any atom is -0.287 e. The highest BCUT2D eigenvalue weighted by molar-refractivity contribution is 6.02. The Kier molecular flexibility index (Phi) is 5.65. The molecule has 0 spiro atoms. The van der Waals surface area contributed by atoms with Crippen molar-refractivity contribution in [3.63, 3.8) is 0 Å². The van der Waals surface area contributed by atoms with Gasteiger partial charge in [-0.1, -0.05) is 69.0 Å². The first-order chi connectivity index (χ1) is 11.8. The number of nitrogens with one attached hydrogen (secondary N) is 2. The van der Waals surface area contributed by atoms with Crippen LogP contribution in [0.2, 0.25) is 0 Å². The first-order valence-corrected chi connectivity index (χ1v) is 9.03. The number of benzene rings is 2. The third kappa shape index (κ3) is 4.04. The summed E-state index contributed by atoms with van der Waals surface area (Å²) >= 11 is 0. The van der Waals surface area contributed by atoms with Crippen molar-refractivity contribution in [1.29, 1.82) is 0 Å². The van der Waals surface area contributed by atoms with Crippen LogP contribution in [0.5, 0.6) is 0 Å². The molecule has 3 heteroatoms. The van der Waals surface area contributed by atoms with Crippen LogP contribution in [-0.4, -0.2) is 12.5 Å². The third-order valence-electron chi connectivity index (χ3n) is 4.65. The Bertz CT molecular complexity index is 749. The van der Waals surface area contributed by atoms with Gasteiger partial charge in [0.15, 0.2) is 0 Å². The van der Waals surface area contributed by atoms with Crippen molar-refractivity contribution < 1.29 is 4.79 Å². The molecular weight excluding hydrogens is 296 g/mol. The summed E-state index contributed by atoms with van der Waals surface area (Å²) in [7, 11) is 0. The van der Waals surface area contributed by atoms with E-state index in [1.807, 2.05) is 6.08 Å². The van der Waals surface area contributed by atoms with Gasteiger partial charge in [-0.2, -0.15) is 0 Å². The van der Waals surface area contributed by atoms with Crippen LogP contribution in [-0.2, 0) is 11.2 Å². The van der Waals surface area contributed by atoms with Gasteiger partial charge >= 0.3 is 0 Å². The van der Waals surface area contributed by atoms with Crippen LogP contribution in [0.4, 0.5) is 0 Å². The first kappa shape index (κ1) is 16.7. The largest absolute Gasteiger partial charge is 0.287 e. The van der Waals surface area contributed by atoms with E-state index in [4.69, 9.17) is 0 Å². The van der Waals surface area contributed by atoms with Crippen LogP contribution in [0.25, 0.3) is 16.8 Å². The van der Waals surface area contributed by atoms with Crippen molar-refractivity contribution in [3.05, 3.63) is 53.1 Å². The predicted molar refractivity (Wildman–Crippen MR) is 101 cm³/mol. The Labute approximate surface area is 144 Å². The molecule has 126 valence electrons. The molecule has 1 saturated heterocycles. The van der Waals surface area contributed by atoms with Crippen LogP contribution < -0.4 is 10.9 Å². The molecule has 0 aliphatic carbocycles. The SMILES string of the molecule is CCCCCCCc1ccc2c(/C=C3\CNNC3=O)cccc2c1. The number of rotatable bonds is 7. The van der Waals surface area contributed by atoms with Crippen LogP contribution in [0.3, 0.4) is 0 Å². The summed E-state index contributed by atoms with van der Waals surface area (Å²) in [5, 5.41) is 2.46. The van der Waals surface area contributed by atoms with Crippen LogP contribution >= 0.6 is 0 Å². The molecule has 1 amide bonds. The molecule has 24 heavy (non-hydrogen) atoms. The average molecular weight is 322 g/mol. The lowest BCUT2D eigenvalue weighted by molar-refractivity contribution is -0.116. The molecule has 1 aliphatic rings. The molecule has 1 aliphatic heterocycles. The monoisotopic (exact) mass is 322 g/mol. The molecule has 0 unspecified atom stereocenters. The zero-order valence-corrected chi connectivity index (χ0v) is 14.4. The molecule has 2 aromatic rings. The number of aryl methyl sites for hydroxylation is 1. The van der Waals surface area contributed by atoms with Crippen molar-refractivity contribution >= 4 is 22.8 Å². The number of hydrogen-bond acceptors (Lipinski definition) is 2. The van der Waals surface area contributed by atoms with Crippen LogP contribution in [0.15, 0.2) is 42.0 Å². The Hall–Kier alpha value is -2.13. The highest BCUT2D eigenvalue weighted by atomic mass is 16.2. The van der Waals surface area contributed by atoms with E-state index in [1.165, 1.54) is 48.4 Å². The lowest BCUT2D eigenvalue weighted by Gasteiger charge is -2.07. The fraction of sp³-hybridized carbons (Fsp3) is 0.381. The van der Waals surface area contributed by atoms with E-state index in [0.29, 0.717) is 6.54 Å². The molecule has 2 aromatic carbocycles. The summed E-state index contributed by atoms with van der Waals surface area (Å²) < 4.78 is 0. The van der Waals surface area contributed by atoms with Crippen molar-refractivity contribution in [2.75, 3.05) is 6.54 Å². The topological polar surface area (TPSA) is 41.1 Å².